The number of carbonyl (C=O) groups excluding carboxylic acids is 2. The Morgan fingerprint density at radius 2 is 1.97 bits per heavy atom. The molecule has 0 aliphatic carbocycles. The number of nitrogens with zero attached hydrogens (tertiary/aromatic N) is 4. The summed E-state index contributed by atoms with van der Waals surface area (Å²) in [4.78, 5) is 34.9. The number of nitrogens with one attached hydrogen (secondary N) is 3. The molecule has 1 aliphatic heterocycles. The predicted molar refractivity (Wildman–Crippen MR) is 128 cm³/mol. The number of hydrogen-bond donors (Lipinski definition) is 3. The van der Waals surface area contributed by atoms with E-state index in [9.17, 15) is 9.59 Å². The predicted octanol–water partition coefficient (Wildman–Crippen LogP) is 2.94. The highest BCUT2D eigenvalue weighted by atomic mass is 16.2. The molecule has 0 saturated carbocycles. The quantitative estimate of drug-likeness (QED) is 0.396. The number of anilines is 1. The van der Waals surface area contributed by atoms with Gasteiger partial charge < -0.3 is 19.8 Å². The molecule has 9 nitrogen and oxygen atoms in total. The minimum Gasteiger partial charge on any atom is -0.346 e. The number of amides is 2. The number of carbonyl (C=O) groups is 2. The van der Waals surface area contributed by atoms with E-state index in [1.165, 1.54) is 0 Å². The molecule has 4 aromatic rings. The minimum atomic E-state index is -0.335. The van der Waals surface area contributed by atoms with E-state index >= 15 is 0 Å². The minimum absolute atomic E-state index is 0.0254. The van der Waals surface area contributed by atoms with Crippen molar-refractivity contribution in [1.29, 1.82) is 0 Å². The van der Waals surface area contributed by atoms with Crippen molar-refractivity contribution in [3.63, 3.8) is 0 Å². The molecule has 2 amide bonds. The molecular weight excluding hydrogens is 418 g/mol. The molecule has 1 aromatic carbocycles. The molecule has 4 heterocycles. The van der Waals surface area contributed by atoms with Crippen LogP contribution in [0.5, 0.6) is 0 Å². The first-order chi connectivity index (χ1) is 16.0. The SMILES string of the molecule is CNCCCn1c(NC(=O)c2ccc3cc4n(c3n2)C(C)C(C)NC4=O)nc2ccccc21. The molecule has 0 spiro atoms. The second-order valence-electron chi connectivity index (χ2n) is 8.50. The van der Waals surface area contributed by atoms with Gasteiger partial charge >= 0.3 is 0 Å². The highest BCUT2D eigenvalue weighted by molar-refractivity contribution is 6.05. The summed E-state index contributed by atoms with van der Waals surface area (Å²) in [6.07, 6.45) is 0.901. The molecule has 0 saturated heterocycles. The molecule has 33 heavy (non-hydrogen) atoms. The molecule has 0 radical (unpaired) electrons. The van der Waals surface area contributed by atoms with Crippen LogP contribution in [0.25, 0.3) is 22.1 Å². The molecule has 2 atom stereocenters. The Morgan fingerprint density at radius 3 is 2.79 bits per heavy atom. The average molecular weight is 446 g/mol. The molecule has 9 heteroatoms. The van der Waals surface area contributed by atoms with Crippen molar-refractivity contribution in [2.24, 2.45) is 0 Å². The van der Waals surface area contributed by atoms with Crippen LogP contribution in [0.4, 0.5) is 5.95 Å². The van der Waals surface area contributed by atoms with Gasteiger partial charge in [0.1, 0.15) is 17.0 Å². The topological polar surface area (TPSA) is 106 Å². The molecule has 170 valence electrons. The van der Waals surface area contributed by atoms with Gasteiger partial charge in [0.15, 0.2) is 0 Å². The first-order valence-corrected chi connectivity index (χ1v) is 11.2. The zero-order valence-corrected chi connectivity index (χ0v) is 18.9. The maximum atomic E-state index is 13.2. The average Bonchev–Trinajstić information content (AvgIpc) is 3.36. The Labute approximate surface area is 191 Å². The first-order valence-electron chi connectivity index (χ1n) is 11.2. The smallest absolute Gasteiger partial charge is 0.276 e. The van der Waals surface area contributed by atoms with Crippen LogP contribution in [0.1, 0.15) is 47.3 Å². The Kier molecular flexibility index (Phi) is 5.33. The van der Waals surface area contributed by atoms with Crippen molar-refractivity contribution in [2.45, 2.75) is 38.9 Å². The third-order valence-corrected chi connectivity index (χ3v) is 6.33. The summed E-state index contributed by atoms with van der Waals surface area (Å²) in [7, 11) is 1.92. The van der Waals surface area contributed by atoms with Gasteiger partial charge in [0.05, 0.1) is 17.1 Å². The standard InChI is InChI=1S/C24H27N7O2/c1-14-15(2)31-20(23(33)26-14)13-16-9-10-18(27-21(16)31)22(32)29-24-28-17-7-4-5-8-19(17)30(24)12-6-11-25-3/h4-5,7-10,13-15,25H,6,11-12H2,1-3H3,(H,26,33)(H,28,29,32). The summed E-state index contributed by atoms with van der Waals surface area (Å²) in [5, 5.41) is 9.91. The van der Waals surface area contributed by atoms with Crippen molar-refractivity contribution in [2.75, 3.05) is 18.9 Å². The van der Waals surface area contributed by atoms with E-state index in [4.69, 9.17) is 0 Å². The summed E-state index contributed by atoms with van der Waals surface area (Å²) in [6, 6.07) is 13.2. The Hall–Kier alpha value is -3.72. The van der Waals surface area contributed by atoms with Crippen LogP contribution in [-0.2, 0) is 6.54 Å². The number of fused-ring (bicyclic) bond motifs is 4. The summed E-state index contributed by atoms with van der Waals surface area (Å²) < 4.78 is 3.94. The Bertz CT molecular complexity index is 1370. The van der Waals surface area contributed by atoms with Gasteiger partial charge in [-0.05, 0) is 64.2 Å². The zero-order chi connectivity index (χ0) is 23.1. The second kappa shape index (κ2) is 8.32. The molecule has 0 fully saturated rings. The fourth-order valence-electron chi connectivity index (χ4n) is 4.41. The van der Waals surface area contributed by atoms with E-state index < -0.39 is 0 Å². The lowest BCUT2D eigenvalue weighted by atomic mass is 10.1. The fourth-order valence-corrected chi connectivity index (χ4v) is 4.41. The summed E-state index contributed by atoms with van der Waals surface area (Å²) in [5.41, 5.74) is 3.28. The van der Waals surface area contributed by atoms with Crippen LogP contribution < -0.4 is 16.0 Å². The summed E-state index contributed by atoms with van der Waals surface area (Å²) >= 11 is 0. The van der Waals surface area contributed by atoms with Gasteiger partial charge in [0.25, 0.3) is 11.8 Å². The number of rotatable bonds is 6. The fraction of sp³-hybridized carbons (Fsp3) is 0.333. The van der Waals surface area contributed by atoms with Crippen LogP contribution in [0.2, 0.25) is 0 Å². The van der Waals surface area contributed by atoms with Crippen LogP contribution in [-0.4, -0.2) is 50.6 Å². The van der Waals surface area contributed by atoms with Gasteiger partial charge in [0.2, 0.25) is 5.95 Å². The molecule has 3 N–H and O–H groups in total. The monoisotopic (exact) mass is 445 g/mol. The van der Waals surface area contributed by atoms with Gasteiger partial charge in [-0.15, -0.1) is 0 Å². The molecule has 1 aliphatic rings. The zero-order valence-electron chi connectivity index (χ0n) is 18.9. The van der Waals surface area contributed by atoms with E-state index in [1.54, 1.807) is 6.07 Å². The van der Waals surface area contributed by atoms with E-state index in [2.05, 4.69) is 25.9 Å². The molecule has 5 rings (SSSR count). The van der Waals surface area contributed by atoms with Crippen molar-refractivity contribution in [3.05, 3.63) is 53.9 Å². The largest absolute Gasteiger partial charge is 0.346 e. The summed E-state index contributed by atoms with van der Waals surface area (Å²) in [5.74, 6) is 0.0382. The number of benzene rings is 1. The number of imidazole rings is 1. The lowest BCUT2D eigenvalue weighted by Crippen LogP contribution is -2.44. The lowest BCUT2D eigenvalue weighted by molar-refractivity contribution is 0.0891. The Morgan fingerprint density at radius 1 is 1.15 bits per heavy atom. The molecule has 3 aromatic heterocycles. The van der Waals surface area contributed by atoms with Crippen LogP contribution in [0.3, 0.4) is 0 Å². The van der Waals surface area contributed by atoms with Gasteiger partial charge in [-0.2, -0.15) is 0 Å². The van der Waals surface area contributed by atoms with Crippen molar-refractivity contribution in [1.82, 2.24) is 29.7 Å². The molecular formula is C24H27N7O2. The lowest BCUT2D eigenvalue weighted by Gasteiger charge is -2.29. The van der Waals surface area contributed by atoms with E-state index in [1.807, 2.05) is 66.4 Å². The van der Waals surface area contributed by atoms with Crippen molar-refractivity contribution in [3.8, 4) is 0 Å². The number of para-hydroxylation sites is 2. The van der Waals surface area contributed by atoms with Crippen molar-refractivity contribution < 1.29 is 9.59 Å². The second-order valence-corrected chi connectivity index (χ2v) is 8.50. The van der Waals surface area contributed by atoms with Gasteiger partial charge in [0, 0.05) is 18.0 Å². The highest BCUT2D eigenvalue weighted by Gasteiger charge is 2.30. The molecule has 2 unspecified atom stereocenters. The first kappa shape index (κ1) is 21.1. The maximum absolute atomic E-state index is 13.2. The molecule has 0 bridgehead atoms. The number of pyridine rings is 1. The van der Waals surface area contributed by atoms with Crippen LogP contribution in [0, 0.1) is 0 Å². The summed E-state index contributed by atoms with van der Waals surface area (Å²) in [6.45, 7) is 5.59. The van der Waals surface area contributed by atoms with Crippen LogP contribution in [0.15, 0.2) is 42.5 Å². The normalized spacial score (nSPS) is 17.8. The third-order valence-electron chi connectivity index (χ3n) is 6.33. The van der Waals surface area contributed by atoms with Crippen molar-refractivity contribution >= 4 is 39.8 Å². The Balaban J connectivity index is 1.49. The van der Waals surface area contributed by atoms with E-state index in [-0.39, 0.29) is 29.6 Å². The number of aromatic nitrogens is 4. The van der Waals surface area contributed by atoms with Gasteiger partial charge in [-0.1, -0.05) is 12.1 Å². The number of aryl methyl sites for hydroxylation is 1. The maximum Gasteiger partial charge on any atom is 0.276 e. The van der Waals surface area contributed by atoms with Gasteiger partial charge in [-0.25, -0.2) is 9.97 Å². The highest BCUT2D eigenvalue weighted by Crippen LogP contribution is 2.28. The van der Waals surface area contributed by atoms with Gasteiger partial charge in [-0.3, -0.25) is 14.9 Å². The number of hydrogen-bond acceptors (Lipinski definition) is 5. The van der Waals surface area contributed by atoms with Crippen LogP contribution >= 0.6 is 0 Å². The third kappa shape index (κ3) is 3.64. The van der Waals surface area contributed by atoms with E-state index in [0.717, 1.165) is 35.9 Å². The van der Waals surface area contributed by atoms with E-state index in [0.29, 0.717) is 17.3 Å².